The fourth-order valence-electron chi connectivity index (χ4n) is 6.21. The van der Waals surface area contributed by atoms with Crippen molar-refractivity contribution >= 4 is 44.6 Å². The molecule has 16 heteroatoms. The third kappa shape index (κ3) is 5.67. The summed E-state index contributed by atoms with van der Waals surface area (Å²) >= 11 is 7.88. The Bertz CT molecular complexity index is 1890. The number of aromatic nitrogens is 4. The Balaban J connectivity index is 1.30. The van der Waals surface area contributed by atoms with Crippen molar-refractivity contribution in [3.05, 3.63) is 105 Å². The number of fused-ring (bicyclic) bond motifs is 1. The van der Waals surface area contributed by atoms with Crippen molar-refractivity contribution < 1.29 is 21.6 Å². The quantitative estimate of drug-likeness (QED) is 0.262. The molecule has 2 saturated heterocycles. The van der Waals surface area contributed by atoms with Gasteiger partial charge < -0.3 is 4.90 Å². The Morgan fingerprint density at radius 3 is 2.69 bits per heavy atom. The SMILES string of the molecule is O=S(=O)(N[C@H]1CC2=C(c3ccn(C(F)F)n3)[C@H](c3ccc(F)cc3Cl)N=C(c3nccs3)N2C1)N1CCCC1c1ccccn1. The Hall–Kier alpha value is -3.63. The summed E-state index contributed by atoms with van der Waals surface area (Å²) in [6, 6.07) is 8.98. The van der Waals surface area contributed by atoms with Crippen LogP contribution in [0.15, 0.2) is 77.1 Å². The van der Waals surface area contributed by atoms with E-state index < -0.39 is 40.7 Å². The second-order valence-electron chi connectivity index (χ2n) is 10.8. The number of hydrogen-bond donors (Lipinski definition) is 1. The van der Waals surface area contributed by atoms with Crippen LogP contribution in [0.3, 0.4) is 0 Å². The van der Waals surface area contributed by atoms with Crippen molar-refractivity contribution in [1.29, 1.82) is 0 Å². The monoisotopic (exact) mass is 674 g/mol. The molecule has 3 aliphatic heterocycles. The third-order valence-corrected chi connectivity index (χ3v) is 10.9. The maximum absolute atomic E-state index is 14.1. The van der Waals surface area contributed by atoms with Crippen molar-refractivity contribution in [3.8, 4) is 0 Å². The van der Waals surface area contributed by atoms with Crippen LogP contribution in [0, 0.1) is 5.82 Å². The molecule has 0 amide bonds. The fourth-order valence-corrected chi connectivity index (χ4v) is 8.75. The van der Waals surface area contributed by atoms with Crippen LogP contribution in [0.4, 0.5) is 13.2 Å². The van der Waals surface area contributed by atoms with E-state index in [0.717, 1.165) is 0 Å². The van der Waals surface area contributed by atoms with Crippen LogP contribution in [0.5, 0.6) is 0 Å². The van der Waals surface area contributed by atoms with Crippen LogP contribution in [-0.2, 0) is 10.2 Å². The van der Waals surface area contributed by atoms with Crippen molar-refractivity contribution in [2.45, 2.75) is 43.9 Å². The molecule has 2 fully saturated rings. The highest BCUT2D eigenvalue weighted by Crippen LogP contribution is 2.46. The molecule has 3 aromatic heterocycles. The highest BCUT2D eigenvalue weighted by atomic mass is 35.5. The number of rotatable bonds is 8. The summed E-state index contributed by atoms with van der Waals surface area (Å²) in [5.41, 5.74) is 2.45. The molecule has 1 N–H and O–H groups in total. The lowest BCUT2D eigenvalue weighted by Gasteiger charge is -2.32. The number of hydrogen-bond acceptors (Lipinski definition) is 8. The molecular formula is C29H26ClF3N8O2S2. The van der Waals surface area contributed by atoms with Crippen molar-refractivity contribution in [1.82, 2.24) is 33.7 Å². The van der Waals surface area contributed by atoms with Gasteiger partial charge in [0.25, 0.3) is 10.2 Å². The zero-order valence-corrected chi connectivity index (χ0v) is 25.9. The first-order valence-electron chi connectivity index (χ1n) is 14.2. The number of amidine groups is 1. The number of nitrogens with one attached hydrogen (secondary N) is 1. The van der Waals surface area contributed by atoms with Crippen LogP contribution >= 0.6 is 22.9 Å². The number of thiazole rings is 1. The van der Waals surface area contributed by atoms with E-state index >= 15 is 0 Å². The van der Waals surface area contributed by atoms with Crippen LogP contribution in [0.2, 0.25) is 5.02 Å². The van der Waals surface area contributed by atoms with E-state index in [4.69, 9.17) is 16.6 Å². The van der Waals surface area contributed by atoms with Crippen molar-refractivity contribution in [2.24, 2.45) is 4.99 Å². The van der Waals surface area contributed by atoms with Gasteiger partial charge in [-0.2, -0.15) is 31.3 Å². The van der Waals surface area contributed by atoms with E-state index in [9.17, 15) is 21.6 Å². The van der Waals surface area contributed by atoms with E-state index in [0.29, 0.717) is 57.4 Å². The number of nitrogens with zero attached hydrogens (tertiary/aromatic N) is 7. The number of aliphatic imine (C=N–C) groups is 1. The highest BCUT2D eigenvalue weighted by Gasteiger charge is 2.44. The lowest BCUT2D eigenvalue weighted by molar-refractivity contribution is 0.0564. The molecule has 3 atom stereocenters. The number of benzene rings is 1. The molecule has 6 heterocycles. The summed E-state index contributed by atoms with van der Waals surface area (Å²) in [7, 11) is -3.96. The van der Waals surface area contributed by atoms with Gasteiger partial charge in [0.2, 0.25) is 0 Å². The second kappa shape index (κ2) is 11.9. The van der Waals surface area contributed by atoms with Gasteiger partial charge in [-0.15, -0.1) is 11.3 Å². The molecule has 0 radical (unpaired) electrons. The van der Waals surface area contributed by atoms with Crippen molar-refractivity contribution in [2.75, 3.05) is 13.1 Å². The fraction of sp³-hybridized carbons (Fsp3) is 0.310. The number of pyridine rings is 1. The molecule has 0 aliphatic carbocycles. The van der Waals surface area contributed by atoms with Crippen molar-refractivity contribution in [3.63, 3.8) is 0 Å². The normalized spacial score (nSPS) is 22.4. The average Bonchev–Trinajstić information content (AvgIpc) is 3.83. The molecule has 1 unspecified atom stereocenters. The van der Waals surface area contributed by atoms with Gasteiger partial charge in [0, 0.05) is 71.4 Å². The topological polar surface area (TPSA) is 109 Å². The van der Waals surface area contributed by atoms with E-state index in [1.807, 2.05) is 17.0 Å². The van der Waals surface area contributed by atoms with Gasteiger partial charge in [0.05, 0.1) is 17.4 Å². The van der Waals surface area contributed by atoms with Gasteiger partial charge >= 0.3 is 6.55 Å². The summed E-state index contributed by atoms with van der Waals surface area (Å²) in [5, 5.41) is 6.61. The molecule has 0 saturated carbocycles. The summed E-state index contributed by atoms with van der Waals surface area (Å²) in [6.07, 6.45) is 6.00. The maximum Gasteiger partial charge on any atom is 0.333 e. The maximum atomic E-state index is 14.1. The average molecular weight is 675 g/mol. The predicted molar refractivity (Wildman–Crippen MR) is 163 cm³/mol. The van der Waals surface area contributed by atoms with Crippen LogP contribution in [0.25, 0.3) is 5.57 Å². The molecule has 0 bridgehead atoms. The molecule has 0 spiro atoms. The van der Waals surface area contributed by atoms with Crippen LogP contribution < -0.4 is 4.72 Å². The van der Waals surface area contributed by atoms with Gasteiger partial charge in [-0.05, 0) is 43.2 Å². The first kappa shape index (κ1) is 30.0. The van der Waals surface area contributed by atoms with Gasteiger partial charge in [0.15, 0.2) is 10.8 Å². The minimum Gasteiger partial charge on any atom is -0.326 e. The highest BCUT2D eigenvalue weighted by molar-refractivity contribution is 7.87. The van der Waals surface area contributed by atoms with Crippen LogP contribution in [0.1, 0.15) is 59.9 Å². The molecule has 45 heavy (non-hydrogen) atoms. The van der Waals surface area contributed by atoms with E-state index in [1.54, 1.807) is 23.8 Å². The van der Waals surface area contributed by atoms with Gasteiger partial charge in [-0.1, -0.05) is 23.7 Å². The standard InChI is InChI=1S/C29H26ClF3N8O2S2/c30-20-14-17(31)6-7-19(20)26-25(22-8-12-40(37-22)29(32)33)24-15-18(16-39(24)27(36-26)28-35-10-13-44-28)38-45(42,43)41-11-3-5-23(41)21-4-1-2-9-34-21/h1-2,4,6-10,12-14,18,23,26,29,38H,3,5,11,15-16H2/t18-,23?,26-/m0/s1. The summed E-state index contributed by atoms with van der Waals surface area (Å²) < 4.78 is 73.9. The minimum atomic E-state index is -3.96. The minimum absolute atomic E-state index is 0.104. The Kier molecular flexibility index (Phi) is 7.98. The first-order valence-corrected chi connectivity index (χ1v) is 16.9. The van der Waals surface area contributed by atoms with Gasteiger partial charge in [-0.25, -0.2) is 14.1 Å². The molecule has 7 rings (SSSR count). The van der Waals surface area contributed by atoms with E-state index in [1.165, 1.54) is 46.1 Å². The smallest absolute Gasteiger partial charge is 0.326 e. The third-order valence-electron chi connectivity index (χ3n) is 8.08. The first-order chi connectivity index (χ1) is 21.7. The summed E-state index contributed by atoms with van der Waals surface area (Å²) in [6.45, 7) is -2.32. The summed E-state index contributed by atoms with van der Waals surface area (Å²) in [5.74, 6) is -0.0700. The molecule has 234 valence electrons. The molecule has 1 aromatic carbocycles. The summed E-state index contributed by atoms with van der Waals surface area (Å²) in [4.78, 5) is 15.7. The molecule has 3 aliphatic rings. The van der Waals surface area contributed by atoms with Gasteiger partial charge in [-0.3, -0.25) is 9.98 Å². The number of alkyl halides is 2. The Labute approximate surface area is 266 Å². The molecule has 4 aromatic rings. The van der Waals surface area contributed by atoms with E-state index in [-0.39, 0.29) is 23.7 Å². The zero-order valence-electron chi connectivity index (χ0n) is 23.5. The van der Waals surface area contributed by atoms with Crippen LogP contribution in [-0.4, -0.2) is 62.3 Å². The molecular weight excluding hydrogens is 649 g/mol. The van der Waals surface area contributed by atoms with E-state index in [2.05, 4.69) is 19.8 Å². The zero-order chi connectivity index (χ0) is 31.3. The number of halogens is 4. The second-order valence-corrected chi connectivity index (χ2v) is 13.8. The molecule has 10 nitrogen and oxygen atoms in total. The Morgan fingerprint density at radius 1 is 1.11 bits per heavy atom. The lowest BCUT2D eigenvalue weighted by Crippen LogP contribution is -2.46. The lowest BCUT2D eigenvalue weighted by atomic mass is 9.92. The van der Waals surface area contributed by atoms with Gasteiger partial charge in [0.1, 0.15) is 11.9 Å². The largest absolute Gasteiger partial charge is 0.333 e. The Morgan fingerprint density at radius 2 is 1.98 bits per heavy atom. The predicted octanol–water partition coefficient (Wildman–Crippen LogP) is 5.58.